The van der Waals surface area contributed by atoms with Gasteiger partial charge in [-0.25, -0.2) is 4.98 Å². The van der Waals surface area contributed by atoms with Crippen molar-refractivity contribution in [1.82, 2.24) is 15.3 Å². The molecule has 0 radical (unpaired) electrons. The van der Waals surface area contributed by atoms with Crippen LogP contribution in [0.2, 0.25) is 0 Å². The first-order chi connectivity index (χ1) is 11.1. The van der Waals surface area contributed by atoms with Crippen LogP contribution in [0.15, 0.2) is 4.79 Å². The number of rotatable bonds is 6. The lowest BCUT2D eigenvalue weighted by atomic mass is 10.2. The van der Waals surface area contributed by atoms with Crippen molar-refractivity contribution in [2.45, 2.75) is 39.7 Å². The van der Waals surface area contributed by atoms with Crippen molar-refractivity contribution < 1.29 is 9.69 Å². The molecule has 0 aromatic carbocycles. The number of fused-ring (bicyclic) bond motifs is 3. The molecule has 7 heteroatoms. The minimum absolute atomic E-state index is 0.0298. The van der Waals surface area contributed by atoms with Gasteiger partial charge in [-0.2, -0.15) is 0 Å². The van der Waals surface area contributed by atoms with E-state index in [4.69, 9.17) is 0 Å². The topological polar surface area (TPSA) is 79.3 Å². The van der Waals surface area contributed by atoms with Crippen LogP contribution in [0.1, 0.15) is 36.5 Å². The van der Waals surface area contributed by atoms with Crippen LogP contribution in [-0.4, -0.2) is 35.5 Å². The van der Waals surface area contributed by atoms with E-state index >= 15 is 0 Å². The number of quaternary nitrogens is 1. The first-order valence-corrected chi connectivity index (χ1v) is 9.07. The molecule has 23 heavy (non-hydrogen) atoms. The second-order valence-electron chi connectivity index (χ2n) is 5.96. The quantitative estimate of drug-likeness (QED) is 0.696. The monoisotopic (exact) mass is 335 g/mol. The standard InChI is InChI=1S/C16H22N4O2S/c1-3-17-13(21)9-20(4-2)8-12-18-15(22)14-10-6-5-7-11(10)23-16(14)19-12/h3-9H2,1-2H3,(H,17,21)(H,18,19,22)/p+1. The van der Waals surface area contributed by atoms with E-state index in [0.29, 0.717) is 25.5 Å². The van der Waals surface area contributed by atoms with E-state index in [-0.39, 0.29) is 11.5 Å². The van der Waals surface area contributed by atoms with Crippen LogP contribution in [-0.2, 0) is 24.2 Å². The van der Waals surface area contributed by atoms with Crippen LogP contribution in [0.3, 0.4) is 0 Å². The number of aryl methyl sites for hydroxylation is 2. The average molecular weight is 335 g/mol. The van der Waals surface area contributed by atoms with E-state index in [1.165, 1.54) is 10.4 Å². The molecular weight excluding hydrogens is 312 g/mol. The summed E-state index contributed by atoms with van der Waals surface area (Å²) in [5.41, 5.74) is 1.17. The molecule has 0 spiro atoms. The first kappa shape index (κ1) is 16.1. The summed E-state index contributed by atoms with van der Waals surface area (Å²) in [4.78, 5) is 35.0. The highest BCUT2D eigenvalue weighted by Gasteiger charge is 2.22. The molecule has 1 aliphatic carbocycles. The SMILES string of the molecule is CCNC(=O)C[NH+](CC)Cc1nc2sc3c(c2c(=O)[nH]1)CCC3. The minimum Gasteiger partial charge on any atom is -0.351 e. The summed E-state index contributed by atoms with van der Waals surface area (Å²) in [7, 11) is 0. The van der Waals surface area contributed by atoms with Crippen LogP contribution < -0.4 is 15.8 Å². The normalized spacial score (nSPS) is 14.9. The summed E-state index contributed by atoms with van der Waals surface area (Å²) < 4.78 is 0. The number of aromatic nitrogens is 2. The number of nitrogens with one attached hydrogen (secondary N) is 3. The fraction of sp³-hybridized carbons (Fsp3) is 0.562. The van der Waals surface area contributed by atoms with E-state index in [1.807, 2.05) is 13.8 Å². The number of H-pyrrole nitrogens is 1. The van der Waals surface area contributed by atoms with Gasteiger partial charge in [0.2, 0.25) is 0 Å². The number of thiophene rings is 1. The maximum atomic E-state index is 12.4. The number of likely N-dealkylation sites (N-methyl/N-ethyl adjacent to an activating group) is 2. The fourth-order valence-corrected chi connectivity index (χ4v) is 4.45. The van der Waals surface area contributed by atoms with Gasteiger partial charge in [-0.05, 0) is 38.7 Å². The first-order valence-electron chi connectivity index (χ1n) is 8.26. The molecule has 0 saturated carbocycles. The molecular formula is C16H23N4O2S+. The molecule has 1 atom stereocenters. The van der Waals surface area contributed by atoms with Gasteiger partial charge in [0.1, 0.15) is 11.4 Å². The molecule has 2 heterocycles. The minimum atomic E-state index is -0.0298. The Kier molecular flexibility index (Phi) is 4.77. The summed E-state index contributed by atoms with van der Waals surface area (Å²) in [5, 5.41) is 3.60. The number of carbonyl (C=O) groups is 1. The largest absolute Gasteiger partial charge is 0.351 e. The Bertz CT molecular complexity index is 780. The zero-order valence-electron chi connectivity index (χ0n) is 13.6. The predicted molar refractivity (Wildman–Crippen MR) is 91.0 cm³/mol. The molecule has 1 amide bonds. The van der Waals surface area contributed by atoms with E-state index < -0.39 is 0 Å². The van der Waals surface area contributed by atoms with Crippen LogP contribution in [0.5, 0.6) is 0 Å². The summed E-state index contributed by atoms with van der Waals surface area (Å²) in [6, 6.07) is 0. The van der Waals surface area contributed by atoms with Gasteiger partial charge in [-0.1, -0.05) is 0 Å². The Hall–Kier alpha value is -1.73. The number of hydrogen-bond donors (Lipinski definition) is 3. The van der Waals surface area contributed by atoms with Gasteiger partial charge in [0, 0.05) is 11.4 Å². The molecule has 0 fully saturated rings. The Labute approximate surface area is 138 Å². The molecule has 1 aliphatic rings. The van der Waals surface area contributed by atoms with Crippen molar-refractivity contribution >= 4 is 27.5 Å². The molecule has 2 aromatic rings. The van der Waals surface area contributed by atoms with Crippen LogP contribution >= 0.6 is 11.3 Å². The number of amides is 1. The van der Waals surface area contributed by atoms with Crippen molar-refractivity contribution in [3.05, 3.63) is 26.6 Å². The zero-order chi connectivity index (χ0) is 16.4. The lowest BCUT2D eigenvalue weighted by Gasteiger charge is -2.16. The van der Waals surface area contributed by atoms with Crippen LogP contribution in [0.25, 0.3) is 10.2 Å². The highest BCUT2D eigenvalue weighted by atomic mass is 32.1. The highest BCUT2D eigenvalue weighted by Crippen LogP contribution is 2.34. The second-order valence-corrected chi connectivity index (χ2v) is 7.04. The van der Waals surface area contributed by atoms with Gasteiger partial charge < -0.3 is 15.2 Å². The molecule has 3 N–H and O–H groups in total. The van der Waals surface area contributed by atoms with Gasteiger partial charge in [0.05, 0.1) is 11.9 Å². The van der Waals surface area contributed by atoms with Gasteiger partial charge in [-0.3, -0.25) is 9.59 Å². The van der Waals surface area contributed by atoms with E-state index in [2.05, 4.69) is 15.3 Å². The third-order valence-electron chi connectivity index (χ3n) is 4.33. The Morgan fingerprint density at radius 1 is 1.39 bits per heavy atom. The number of carbonyl (C=O) groups excluding carboxylic acids is 1. The summed E-state index contributed by atoms with van der Waals surface area (Å²) in [6.07, 6.45) is 3.19. The Morgan fingerprint density at radius 2 is 2.22 bits per heavy atom. The Balaban J connectivity index is 1.83. The number of aromatic amines is 1. The molecule has 1 unspecified atom stereocenters. The van der Waals surface area contributed by atoms with Gasteiger partial charge in [0.15, 0.2) is 12.4 Å². The molecule has 6 nitrogen and oxygen atoms in total. The smallest absolute Gasteiger partial charge is 0.275 e. The number of nitrogens with zero attached hydrogens (tertiary/aromatic N) is 1. The average Bonchev–Trinajstić information content (AvgIpc) is 3.06. The lowest BCUT2D eigenvalue weighted by molar-refractivity contribution is -0.904. The van der Waals surface area contributed by atoms with Gasteiger partial charge in [-0.15, -0.1) is 11.3 Å². The van der Waals surface area contributed by atoms with E-state index in [9.17, 15) is 9.59 Å². The summed E-state index contributed by atoms with van der Waals surface area (Å²) >= 11 is 1.65. The third kappa shape index (κ3) is 3.30. The van der Waals surface area contributed by atoms with Crippen molar-refractivity contribution in [2.75, 3.05) is 19.6 Å². The van der Waals surface area contributed by atoms with Crippen molar-refractivity contribution in [1.29, 1.82) is 0 Å². The van der Waals surface area contributed by atoms with Crippen LogP contribution in [0.4, 0.5) is 0 Å². The molecule has 124 valence electrons. The van der Waals surface area contributed by atoms with E-state index in [1.54, 1.807) is 11.3 Å². The Morgan fingerprint density at radius 3 is 2.96 bits per heavy atom. The maximum absolute atomic E-state index is 12.4. The second kappa shape index (κ2) is 6.80. The van der Waals surface area contributed by atoms with Gasteiger partial charge in [0.25, 0.3) is 11.5 Å². The molecule has 3 rings (SSSR count). The van der Waals surface area contributed by atoms with Crippen molar-refractivity contribution in [3.8, 4) is 0 Å². The molecule has 2 aromatic heterocycles. The van der Waals surface area contributed by atoms with Crippen LogP contribution in [0, 0.1) is 0 Å². The summed E-state index contributed by atoms with van der Waals surface area (Å²) in [5.74, 6) is 0.700. The molecule has 0 bridgehead atoms. The van der Waals surface area contributed by atoms with Crippen molar-refractivity contribution in [2.24, 2.45) is 0 Å². The zero-order valence-corrected chi connectivity index (χ0v) is 14.4. The predicted octanol–water partition coefficient (Wildman–Crippen LogP) is 0.0142. The van der Waals surface area contributed by atoms with Gasteiger partial charge >= 0.3 is 0 Å². The third-order valence-corrected chi connectivity index (χ3v) is 5.51. The lowest BCUT2D eigenvalue weighted by Crippen LogP contribution is -3.11. The number of hydrogen-bond acceptors (Lipinski definition) is 4. The van der Waals surface area contributed by atoms with Crippen molar-refractivity contribution in [3.63, 3.8) is 0 Å². The summed E-state index contributed by atoms with van der Waals surface area (Å²) in [6.45, 7) is 6.34. The highest BCUT2D eigenvalue weighted by molar-refractivity contribution is 7.18. The van der Waals surface area contributed by atoms with E-state index in [0.717, 1.165) is 40.9 Å². The molecule has 0 saturated heterocycles. The maximum Gasteiger partial charge on any atom is 0.275 e. The molecule has 0 aliphatic heterocycles. The fourth-order valence-electron chi connectivity index (χ4n) is 3.17.